The third kappa shape index (κ3) is 13.9. The molecule has 0 aliphatic rings. The first-order valence-corrected chi connectivity index (χ1v) is 29.3. The Balaban J connectivity index is 0.000000146. The van der Waals surface area contributed by atoms with Crippen molar-refractivity contribution in [1.82, 2.24) is 42.4 Å². The monoisotopic (exact) mass is 1180 g/mol. The van der Waals surface area contributed by atoms with Crippen LogP contribution in [0.25, 0.3) is 33.1 Å². The van der Waals surface area contributed by atoms with E-state index >= 15 is 0 Å². The van der Waals surface area contributed by atoms with Gasteiger partial charge in [-0.15, -0.1) is 0 Å². The summed E-state index contributed by atoms with van der Waals surface area (Å²) in [6.07, 6.45) is 3.53. The molecule has 0 fully saturated rings. The van der Waals surface area contributed by atoms with E-state index in [1.165, 1.54) is 22.8 Å². The van der Waals surface area contributed by atoms with Gasteiger partial charge < -0.3 is 57.4 Å². The Morgan fingerprint density at radius 3 is 1.24 bits per heavy atom. The van der Waals surface area contributed by atoms with Gasteiger partial charge in [-0.3, -0.25) is 25.8 Å². The number of hydrogen-bond acceptors (Lipinski definition) is 10. The molecular formula is C70H74N12O6. The summed E-state index contributed by atoms with van der Waals surface area (Å²) in [5.74, 6) is 0.552. The molecule has 18 heteroatoms. The number of nitrogens with one attached hydrogen (secondary N) is 5. The maximum absolute atomic E-state index is 11.7. The Morgan fingerprint density at radius 2 is 0.841 bits per heavy atom. The van der Waals surface area contributed by atoms with Crippen molar-refractivity contribution in [2.45, 2.75) is 77.8 Å². The number of fused-ring (bicyclic) bond motifs is 3. The lowest BCUT2D eigenvalue weighted by Gasteiger charge is -2.17. The molecule has 450 valence electrons. The predicted octanol–water partition coefficient (Wildman–Crippen LogP) is 8.95. The van der Waals surface area contributed by atoms with Crippen LogP contribution in [0.15, 0.2) is 210 Å². The zero-order chi connectivity index (χ0) is 61.8. The van der Waals surface area contributed by atoms with Gasteiger partial charge in [0.2, 0.25) is 33.9 Å². The van der Waals surface area contributed by atoms with E-state index in [1.54, 1.807) is 25.4 Å². The van der Waals surface area contributed by atoms with Crippen molar-refractivity contribution in [2.75, 3.05) is 26.9 Å². The highest BCUT2D eigenvalue weighted by Gasteiger charge is 2.23. The summed E-state index contributed by atoms with van der Waals surface area (Å²) in [4.78, 5) is 33.3. The molecule has 0 radical (unpaired) electrons. The molecule has 0 aliphatic carbocycles. The minimum atomic E-state index is -0.258. The van der Waals surface area contributed by atoms with Crippen LogP contribution >= 0.6 is 0 Å². The summed E-state index contributed by atoms with van der Waals surface area (Å²) >= 11 is 0. The number of imidazole rings is 3. The molecule has 6 aromatic carbocycles. The van der Waals surface area contributed by atoms with E-state index in [1.807, 2.05) is 144 Å². The Bertz CT molecular complexity index is 4440. The highest BCUT2D eigenvalue weighted by Crippen LogP contribution is 2.25. The summed E-state index contributed by atoms with van der Waals surface area (Å²) in [6.45, 7) is 7.22. The third-order valence-corrected chi connectivity index (χ3v) is 15.9. The molecule has 88 heavy (non-hydrogen) atoms. The van der Waals surface area contributed by atoms with Crippen molar-refractivity contribution in [3.63, 3.8) is 0 Å². The average molecular weight is 1180 g/mol. The molecule has 0 saturated carbocycles. The lowest BCUT2D eigenvalue weighted by atomic mass is 10.0. The standard InChI is InChI=1S/C24H26N4O2.2C23H24N4O2/c1-17-10-12-18(13-11-17)14-20(16-29)28-22-8-4-3-7-21(22)27(24(28)25)15-19-6-5-9-23(26-19)30-2;1-16-9-11-17(12-10-16)13-19(15-28)27-21-7-3-2-6-20(21)26(23(27)24)14-18-5-4-8-22(29)25-18;1-16-6-8-17(9-7-16)12-19(15-28)27-21-5-3-2-4-20(21)26(23(27)24)14-18-10-11-25-22(29)13-18/h3-13,20,25,29H,14-16H2,1-2H3;2-12,19,24,28H,13-15H2,1H3,(H,25,29);2-11,13,19,24,28H,12,14-15H2,1H3,(H,25,29). The first-order chi connectivity index (χ1) is 42.7. The lowest BCUT2D eigenvalue weighted by Crippen LogP contribution is -2.31. The van der Waals surface area contributed by atoms with Gasteiger partial charge in [-0.05, 0) is 117 Å². The number of rotatable bonds is 19. The van der Waals surface area contributed by atoms with Gasteiger partial charge in [0.05, 0.1) is 103 Å². The van der Waals surface area contributed by atoms with Crippen LogP contribution < -0.4 is 32.7 Å². The molecule has 6 heterocycles. The van der Waals surface area contributed by atoms with Crippen LogP contribution in [-0.4, -0.2) is 84.6 Å². The van der Waals surface area contributed by atoms with E-state index < -0.39 is 0 Å². The number of nitrogens with zero attached hydrogens (tertiary/aromatic N) is 7. The maximum atomic E-state index is 11.7. The first-order valence-electron chi connectivity index (χ1n) is 29.3. The predicted molar refractivity (Wildman–Crippen MR) is 343 cm³/mol. The van der Waals surface area contributed by atoms with E-state index in [-0.39, 0.29) is 49.1 Å². The number of benzene rings is 6. The molecule has 0 bridgehead atoms. The van der Waals surface area contributed by atoms with E-state index in [9.17, 15) is 24.9 Å². The fraction of sp³-hybridized carbons (Fsp3) is 0.229. The molecular weight excluding hydrogens is 1100 g/mol. The highest BCUT2D eigenvalue weighted by molar-refractivity contribution is 5.78. The summed E-state index contributed by atoms with van der Waals surface area (Å²) in [5, 5.41) is 57.1. The van der Waals surface area contributed by atoms with Gasteiger partial charge in [-0.2, -0.15) is 0 Å². The SMILES string of the molecule is COc1cccc(Cn2c(=N)n(C(CO)Cc3ccc(C)cc3)c3ccccc32)n1.Cc1ccc(CC(CO)n2c(=N)n(Cc3cc[nH]c(=O)c3)c3ccccc32)cc1.Cc1ccc(CC(CO)n2c(=N)n(Cc3cccc(=O)[nH]3)c3ccccc32)cc1. The molecule has 12 rings (SSSR count). The number of aliphatic hydroxyl groups excluding tert-OH is 3. The molecule has 3 unspecified atom stereocenters. The largest absolute Gasteiger partial charge is 0.481 e. The number of H-pyrrole nitrogens is 2. The molecule has 18 nitrogen and oxygen atoms in total. The number of aromatic nitrogens is 9. The first kappa shape index (κ1) is 61.0. The van der Waals surface area contributed by atoms with Crippen molar-refractivity contribution in [2.24, 2.45) is 0 Å². The molecule has 3 atom stereocenters. The van der Waals surface area contributed by atoms with Crippen molar-refractivity contribution in [3.05, 3.63) is 288 Å². The van der Waals surface area contributed by atoms with E-state index in [0.717, 1.165) is 66.7 Å². The van der Waals surface area contributed by atoms with Crippen LogP contribution in [-0.2, 0) is 38.9 Å². The number of aryl methyl sites for hydroxylation is 3. The fourth-order valence-electron chi connectivity index (χ4n) is 11.4. The molecule has 6 aromatic heterocycles. The van der Waals surface area contributed by atoms with Gasteiger partial charge >= 0.3 is 0 Å². The number of para-hydroxylation sites is 6. The van der Waals surface area contributed by atoms with Gasteiger partial charge in [0.1, 0.15) is 0 Å². The van der Waals surface area contributed by atoms with E-state index in [0.29, 0.717) is 61.6 Å². The second-order valence-electron chi connectivity index (χ2n) is 22.2. The molecule has 12 aromatic rings. The fourth-order valence-corrected chi connectivity index (χ4v) is 11.4. The topological polar surface area (TPSA) is 250 Å². The minimum Gasteiger partial charge on any atom is -0.481 e. The number of ether oxygens (including phenoxy) is 1. The summed E-state index contributed by atoms with van der Waals surface area (Å²) in [6, 6.07) is 61.7. The second kappa shape index (κ2) is 27.9. The molecule has 0 amide bonds. The van der Waals surface area contributed by atoms with Crippen molar-refractivity contribution < 1.29 is 20.1 Å². The van der Waals surface area contributed by atoms with Crippen LogP contribution in [0.3, 0.4) is 0 Å². The Kier molecular flexibility index (Phi) is 19.3. The highest BCUT2D eigenvalue weighted by atomic mass is 16.5. The van der Waals surface area contributed by atoms with Crippen molar-refractivity contribution in [3.8, 4) is 5.88 Å². The quantitative estimate of drug-likeness (QED) is 0.0390. The van der Waals surface area contributed by atoms with Gasteiger partial charge in [0, 0.05) is 30.1 Å². The number of hydrogen-bond donors (Lipinski definition) is 8. The third-order valence-electron chi connectivity index (χ3n) is 15.9. The Morgan fingerprint density at radius 1 is 0.443 bits per heavy atom. The lowest BCUT2D eigenvalue weighted by molar-refractivity contribution is 0.225. The van der Waals surface area contributed by atoms with E-state index in [4.69, 9.17) is 21.0 Å². The molecule has 0 aliphatic heterocycles. The Labute approximate surface area is 508 Å². The van der Waals surface area contributed by atoms with Gasteiger partial charge in [0.25, 0.3) is 0 Å². The number of methoxy groups -OCH3 is 1. The minimum absolute atomic E-state index is 0.0458. The van der Waals surface area contributed by atoms with Crippen LogP contribution in [0.2, 0.25) is 0 Å². The van der Waals surface area contributed by atoms with Crippen LogP contribution in [0, 0.1) is 37.0 Å². The normalized spacial score (nSPS) is 12.3. The summed E-state index contributed by atoms with van der Waals surface area (Å²) in [7, 11) is 1.60. The number of aromatic amines is 2. The maximum Gasteiger partial charge on any atom is 0.248 e. The van der Waals surface area contributed by atoms with Gasteiger partial charge in [0.15, 0.2) is 0 Å². The summed E-state index contributed by atoms with van der Waals surface area (Å²) in [5.41, 5.74) is 15.4. The summed E-state index contributed by atoms with van der Waals surface area (Å²) < 4.78 is 16.6. The second-order valence-corrected chi connectivity index (χ2v) is 22.2. The number of aliphatic hydroxyl groups is 3. The van der Waals surface area contributed by atoms with Crippen LogP contribution in [0.1, 0.15) is 68.5 Å². The number of pyridine rings is 3. The van der Waals surface area contributed by atoms with Crippen molar-refractivity contribution >= 4 is 33.1 Å². The van der Waals surface area contributed by atoms with E-state index in [2.05, 4.69) is 94.7 Å². The van der Waals surface area contributed by atoms with Crippen molar-refractivity contribution in [1.29, 1.82) is 16.2 Å². The zero-order valence-electron chi connectivity index (χ0n) is 49.8. The van der Waals surface area contributed by atoms with Crippen LogP contribution in [0.5, 0.6) is 5.88 Å². The van der Waals surface area contributed by atoms with Gasteiger partial charge in [-0.25, -0.2) is 4.98 Å². The van der Waals surface area contributed by atoms with Crippen LogP contribution in [0.4, 0.5) is 0 Å². The van der Waals surface area contributed by atoms with Gasteiger partial charge in [-0.1, -0.05) is 138 Å². The zero-order valence-corrected chi connectivity index (χ0v) is 49.8. The smallest absolute Gasteiger partial charge is 0.248 e. The average Bonchev–Trinajstić information content (AvgIpc) is 1.89. The Hall–Kier alpha value is -10.1. The molecule has 0 saturated heterocycles. The molecule has 0 spiro atoms. The molecule has 8 N–H and O–H groups in total.